The number of aryl methyl sites for hydroxylation is 2. The van der Waals surface area contributed by atoms with Gasteiger partial charge in [0.05, 0.1) is 17.9 Å². The van der Waals surface area contributed by atoms with Crippen molar-refractivity contribution in [3.8, 4) is 5.75 Å². The molecule has 0 unspecified atom stereocenters. The van der Waals surface area contributed by atoms with Crippen LogP contribution in [0.5, 0.6) is 5.75 Å². The van der Waals surface area contributed by atoms with E-state index in [1.807, 2.05) is 39.0 Å². The third kappa shape index (κ3) is 4.37. The number of carbonyl (C=O) groups is 2. The van der Waals surface area contributed by atoms with E-state index in [4.69, 9.17) is 4.74 Å². The van der Waals surface area contributed by atoms with Crippen LogP contribution >= 0.6 is 0 Å². The molecular weight excluding hydrogens is 419 g/mol. The zero-order chi connectivity index (χ0) is 23.5. The van der Waals surface area contributed by atoms with Crippen LogP contribution in [0.3, 0.4) is 0 Å². The van der Waals surface area contributed by atoms with Gasteiger partial charge in [0.1, 0.15) is 17.3 Å². The lowest BCUT2D eigenvalue weighted by molar-refractivity contribution is -0.120. The Balaban J connectivity index is 1.81. The van der Waals surface area contributed by atoms with Crippen LogP contribution in [-0.4, -0.2) is 18.4 Å². The first kappa shape index (κ1) is 22.3. The Bertz CT molecular complexity index is 1250. The number of nitrogens with one attached hydrogen (secondary N) is 1. The largest absolute Gasteiger partial charge is 0.491 e. The van der Waals surface area contributed by atoms with Crippen LogP contribution in [0.15, 0.2) is 72.4 Å². The number of hydrogen-bond acceptors (Lipinski definition) is 4. The summed E-state index contributed by atoms with van der Waals surface area (Å²) in [6.07, 6.45) is 0.787. The highest BCUT2D eigenvalue weighted by atomic mass is 19.1. The lowest BCUT2D eigenvalue weighted by Gasteiger charge is -2.19. The first-order valence-corrected chi connectivity index (χ1v) is 10.9. The fourth-order valence-corrected chi connectivity index (χ4v) is 3.69. The van der Waals surface area contributed by atoms with Gasteiger partial charge in [-0.05, 0) is 73.4 Å². The Kier molecular flexibility index (Phi) is 6.27. The van der Waals surface area contributed by atoms with Crippen LogP contribution in [0.4, 0.5) is 15.8 Å². The second-order valence-corrected chi connectivity index (χ2v) is 7.94. The van der Waals surface area contributed by atoms with Gasteiger partial charge in [-0.1, -0.05) is 37.3 Å². The van der Waals surface area contributed by atoms with Gasteiger partial charge in [0.25, 0.3) is 11.8 Å². The molecule has 4 rings (SSSR count). The summed E-state index contributed by atoms with van der Waals surface area (Å²) in [6, 6.07) is 18.2. The number of amides is 2. The van der Waals surface area contributed by atoms with Crippen LogP contribution in [-0.2, 0) is 9.59 Å². The molecular formula is C27H25FN2O3. The fraction of sp³-hybridized carbons (Fsp3) is 0.185. The van der Waals surface area contributed by atoms with Crippen LogP contribution < -0.4 is 15.0 Å². The zero-order valence-corrected chi connectivity index (χ0v) is 18.8. The zero-order valence-electron chi connectivity index (χ0n) is 18.8. The summed E-state index contributed by atoms with van der Waals surface area (Å²) in [5, 5.41) is 3.15. The topological polar surface area (TPSA) is 58.6 Å². The van der Waals surface area contributed by atoms with Crippen LogP contribution in [0, 0.1) is 19.7 Å². The van der Waals surface area contributed by atoms with Gasteiger partial charge >= 0.3 is 0 Å². The Labute approximate surface area is 192 Å². The monoisotopic (exact) mass is 444 g/mol. The minimum atomic E-state index is -0.495. The van der Waals surface area contributed by atoms with Gasteiger partial charge in [0.15, 0.2) is 0 Å². The van der Waals surface area contributed by atoms with Crippen LogP contribution in [0.2, 0.25) is 0 Å². The molecule has 0 spiro atoms. The third-order valence-electron chi connectivity index (χ3n) is 5.56. The maximum Gasteiger partial charge on any atom is 0.282 e. The minimum Gasteiger partial charge on any atom is -0.491 e. The minimum absolute atomic E-state index is 0.139. The Morgan fingerprint density at radius 3 is 2.33 bits per heavy atom. The number of hydrogen-bond donors (Lipinski definition) is 1. The van der Waals surface area contributed by atoms with E-state index in [2.05, 4.69) is 5.32 Å². The third-order valence-corrected chi connectivity index (χ3v) is 5.56. The summed E-state index contributed by atoms with van der Waals surface area (Å²) >= 11 is 0. The molecule has 6 heteroatoms. The predicted octanol–water partition coefficient (Wildman–Crippen LogP) is 5.63. The number of benzene rings is 3. The number of para-hydroxylation sites is 2. The molecule has 0 fully saturated rings. The van der Waals surface area contributed by atoms with Gasteiger partial charge in [-0.25, -0.2) is 9.29 Å². The summed E-state index contributed by atoms with van der Waals surface area (Å²) < 4.78 is 19.4. The first-order valence-electron chi connectivity index (χ1n) is 10.9. The smallest absolute Gasteiger partial charge is 0.282 e. The maximum atomic E-state index is 13.6. The van der Waals surface area contributed by atoms with Crippen molar-refractivity contribution in [2.24, 2.45) is 0 Å². The lowest BCUT2D eigenvalue weighted by Crippen LogP contribution is -2.32. The molecule has 33 heavy (non-hydrogen) atoms. The van der Waals surface area contributed by atoms with Crippen molar-refractivity contribution >= 4 is 28.8 Å². The molecule has 3 aromatic rings. The molecule has 0 bridgehead atoms. The molecule has 168 valence electrons. The van der Waals surface area contributed by atoms with E-state index in [0.717, 1.165) is 22.4 Å². The predicted molar refractivity (Wildman–Crippen MR) is 128 cm³/mol. The molecule has 0 saturated carbocycles. The van der Waals surface area contributed by atoms with Gasteiger partial charge in [0.2, 0.25) is 0 Å². The van der Waals surface area contributed by atoms with Crippen LogP contribution in [0.1, 0.15) is 30.0 Å². The molecule has 1 aliphatic heterocycles. The highest BCUT2D eigenvalue weighted by Crippen LogP contribution is 2.38. The maximum absolute atomic E-state index is 13.6. The highest BCUT2D eigenvalue weighted by Gasteiger charge is 2.41. The number of ether oxygens (including phenoxy) is 1. The van der Waals surface area contributed by atoms with Gasteiger partial charge in [0, 0.05) is 5.69 Å². The second-order valence-electron chi connectivity index (χ2n) is 7.94. The normalized spacial score (nSPS) is 13.6. The molecule has 2 amide bonds. The number of carbonyl (C=O) groups excluding carboxylic acids is 2. The average molecular weight is 445 g/mol. The Morgan fingerprint density at radius 1 is 0.909 bits per heavy atom. The molecule has 0 saturated heterocycles. The van der Waals surface area contributed by atoms with E-state index in [1.165, 1.54) is 24.3 Å². The first-order chi connectivity index (χ1) is 15.9. The SMILES string of the molecule is CCCOc1ccccc1N1C(=O)C(Nc2ccc(C)c(C)c2)=C(c2ccc(F)cc2)C1=O. The van der Waals surface area contributed by atoms with E-state index in [1.54, 1.807) is 24.3 Å². The van der Waals surface area contributed by atoms with Crippen molar-refractivity contribution in [1.82, 2.24) is 0 Å². The van der Waals surface area contributed by atoms with Crippen molar-refractivity contribution in [1.29, 1.82) is 0 Å². The lowest BCUT2D eigenvalue weighted by atomic mass is 10.0. The molecule has 5 nitrogen and oxygen atoms in total. The molecule has 0 aromatic heterocycles. The Morgan fingerprint density at radius 2 is 1.64 bits per heavy atom. The van der Waals surface area contributed by atoms with Crippen molar-refractivity contribution in [3.05, 3.63) is 94.9 Å². The summed E-state index contributed by atoms with van der Waals surface area (Å²) in [4.78, 5) is 28.3. The summed E-state index contributed by atoms with van der Waals surface area (Å²) in [6.45, 7) is 6.42. The number of rotatable bonds is 7. The standard InChI is InChI=1S/C27H25FN2O3/c1-4-15-33-23-8-6-5-7-22(23)30-26(31)24(19-10-12-20(28)13-11-19)25(27(30)32)29-21-14-9-17(2)18(3)16-21/h5-14,16,29H,4,15H2,1-3H3. The van der Waals surface area contributed by atoms with Gasteiger partial charge in [-0.15, -0.1) is 0 Å². The average Bonchev–Trinajstić information content (AvgIpc) is 3.05. The molecule has 1 N–H and O–H groups in total. The summed E-state index contributed by atoms with van der Waals surface area (Å²) in [5.74, 6) is -0.961. The van der Waals surface area contributed by atoms with Crippen molar-refractivity contribution < 1.29 is 18.7 Å². The van der Waals surface area contributed by atoms with E-state index in [0.29, 0.717) is 29.3 Å². The second kappa shape index (κ2) is 9.28. The molecule has 1 heterocycles. The molecule has 0 atom stereocenters. The van der Waals surface area contributed by atoms with E-state index in [9.17, 15) is 14.0 Å². The number of nitrogens with zero attached hydrogens (tertiary/aromatic N) is 1. The van der Waals surface area contributed by atoms with Gasteiger partial charge in [-0.3, -0.25) is 9.59 Å². The quantitative estimate of drug-likeness (QED) is 0.480. The van der Waals surface area contributed by atoms with Crippen molar-refractivity contribution in [2.75, 3.05) is 16.8 Å². The molecule has 0 radical (unpaired) electrons. The molecule has 1 aliphatic rings. The van der Waals surface area contributed by atoms with Crippen LogP contribution in [0.25, 0.3) is 5.57 Å². The van der Waals surface area contributed by atoms with E-state index >= 15 is 0 Å². The highest BCUT2D eigenvalue weighted by molar-refractivity contribution is 6.46. The fourth-order valence-electron chi connectivity index (χ4n) is 3.69. The molecule has 3 aromatic carbocycles. The van der Waals surface area contributed by atoms with Gasteiger partial charge < -0.3 is 10.1 Å². The summed E-state index contributed by atoms with van der Waals surface area (Å²) in [5.41, 5.74) is 4.00. The summed E-state index contributed by atoms with van der Waals surface area (Å²) in [7, 11) is 0. The number of halogens is 1. The van der Waals surface area contributed by atoms with Gasteiger partial charge in [-0.2, -0.15) is 0 Å². The van der Waals surface area contributed by atoms with Crippen molar-refractivity contribution in [3.63, 3.8) is 0 Å². The number of anilines is 2. The van der Waals surface area contributed by atoms with E-state index in [-0.39, 0.29) is 11.3 Å². The number of imide groups is 1. The van der Waals surface area contributed by atoms with E-state index < -0.39 is 17.6 Å². The Hall–Kier alpha value is -3.93. The molecule has 0 aliphatic carbocycles. The van der Waals surface area contributed by atoms with Crippen molar-refractivity contribution in [2.45, 2.75) is 27.2 Å².